The van der Waals surface area contributed by atoms with Crippen LogP contribution in [-0.4, -0.2) is 38.9 Å². The van der Waals surface area contributed by atoms with Gasteiger partial charge in [0, 0.05) is 13.6 Å². The summed E-state index contributed by atoms with van der Waals surface area (Å²) >= 11 is 0. The quantitative estimate of drug-likeness (QED) is 0.529. The van der Waals surface area contributed by atoms with E-state index in [1.165, 1.54) is 7.05 Å². The van der Waals surface area contributed by atoms with E-state index in [4.69, 9.17) is 0 Å². The highest BCUT2D eigenvalue weighted by atomic mass is 16.5. The average Bonchev–Trinajstić information content (AvgIpc) is 2.12. The van der Waals surface area contributed by atoms with Crippen LogP contribution in [0.4, 0.5) is 9.59 Å². The molecule has 0 rings (SSSR count). The Bertz CT molecular complexity index is 172. The zero-order valence-corrected chi connectivity index (χ0v) is 7.85. The summed E-state index contributed by atoms with van der Waals surface area (Å²) in [4.78, 5) is 21.3. The Balaban J connectivity index is 3.25. The molecule has 6 heteroatoms. The maximum absolute atomic E-state index is 10.8. The highest BCUT2D eigenvalue weighted by Gasteiger charge is 1.98. The molecular formula is C7H15N3O3. The minimum Gasteiger partial charge on any atom is -0.448 e. The minimum absolute atomic E-state index is 0.163. The summed E-state index contributed by atoms with van der Waals surface area (Å²) in [6.07, 6.45) is -0.502. The van der Waals surface area contributed by atoms with Gasteiger partial charge in [-0.05, 0) is 6.92 Å². The van der Waals surface area contributed by atoms with Crippen molar-refractivity contribution in [3.63, 3.8) is 0 Å². The molecule has 0 aromatic carbocycles. The molecule has 0 radical (unpaired) electrons. The number of urea groups is 1. The molecule has 0 aliphatic rings. The third-order valence-electron chi connectivity index (χ3n) is 1.16. The molecule has 3 N–H and O–H groups in total. The average molecular weight is 189 g/mol. The van der Waals surface area contributed by atoms with Gasteiger partial charge in [-0.1, -0.05) is 0 Å². The fourth-order valence-electron chi connectivity index (χ4n) is 0.604. The standard InChI is InChI=1S/C7H15N3O3/c1-3-9-6(11)10-4-5-13-7(12)8-2/h3-5H2,1-2H3,(H,8,12)(H2,9,10,11). The molecule has 6 nitrogen and oxygen atoms in total. The van der Waals surface area contributed by atoms with Crippen molar-refractivity contribution < 1.29 is 14.3 Å². The summed E-state index contributed by atoms with van der Waals surface area (Å²) < 4.78 is 4.63. The first kappa shape index (κ1) is 11.5. The minimum atomic E-state index is -0.502. The van der Waals surface area contributed by atoms with Crippen LogP contribution in [0.15, 0.2) is 0 Å². The molecule has 0 bridgehead atoms. The van der Waals surface area contributed by atoms with E-state index < -0.39 is 6.09 Å². The SMILES string of the molecule is CCNC(=O)NCCOC(=O)NC. The van der Waals surface area contributed by atoms with Gasteiger partial charge in [-0.25, -0.2) is 9.59 Å². The molecule has 0 spiro atoms. The third-order valence-corrected chi connectivity index (χ3v) is 1.16. The molecule has 0 aromatic rings. The van der Waals surface area contributed by atoms with Crippen molar-refractivity contribution in [2.24, 2.45) is 0 Å². The van der Waals surface area contributed by atoms with Gasteiger partial charge >= 0.3 is 12.1 Å². The van der Waals surface area contributed by atoms with Crippen molar-refractivity contribution in [1.29, 1.82) is 0 Å². The number of alkyl carbamates (subject to hydrolysis) is 1. The molecule has 0 atom stereocenters. The largest absolute Gasteiger partial charge is 0.448 e. The van der Waals surface area contributed by atoms with E-state index in [1.807, 2.05) is 6.92 Å². The van der Waals surface area contributed by atoms with Gasteiger partial charge in [-0.15, -0.1) is 0 Å². The van der Waals surface area contributed by atoms with Gasteiger partial charge in [-0.2, -0.15) is 0 Å². The number of carbonyl (C=O) groups is 2. The monoisotopic (exact) mass is 189 g/mol. The summed E-state index contributed by atoms with van der Waals surface area (Å²) in [6, 6.07) is -0.261. The molecule has 0 unspecified atom stereocenters. The zero-order valence-electron chi connectivity index (χ0n) is 7.85. The normalized spacial score (nSPS) is 8.77. The van der Waals surface area contributed by atoms with Crippen molar-refractivity contribution in [3.05, 3.63) is 0 Å². The van der Waals surface area contributed by atoms with E-state index in [0.29, 0.717) is 13.1 Å². The number of rotatable bonds is 4. The molecule has 0 saturated carbocycles. The summed E-state index contributed by atoms with van der Waals surface area (Å²) in [5.41, 5.74) is 0. The summed E-state index contributed by atoms with van der Waals surface area (Å²) in [6.45, 7) is 2.86. The lowest BCUT2D eigenvalue weighted by Crippen LogP contribution is -2.37. The molecule has 0 fully saturated rings. The number of carbonyl (C=O) groups excluding carboxylic acids is 2. The zero-order chi connectivity index (χ0) is 10.1. The van der Waals surface area contributed by atoms with Crippen LogP contribution in [0.5, 0.6) is 0 Å². The molecule has 76 valence electrons. The predicted molar refractivity (Wildman–Crippen MR) is 47.5 cm³/mol. The van der Waals surface area contributed by atoms with Gasteiger partial charge in [0.15, 0.2) is 0 Å². The molecule has 0 saturated heterocycles. The molecule has 0 heterocycles. The van der Waals surface area contributed by atoms with Crippen LogP contribution in [0, 0.1) is 0 Å². The first-order chi connectivity index (χ1) is 6.20. The number of hydrogen-bond donors (Lipinski definition) is 3. The first-order valence-corrected chi connectivity index (χ1v) is 4.07. The van der Waals surface area contributed by atoms with E-state index in [9.17, 15) is 9.59 Å². The van der Waals surface area contributed by atoms with E-state index in [-0.39, 0.29) is 12.6 Å². The summed E-state index contributed by atoms with van der Waals surface area (Å²) in [5.74, 6) is 0. The Morgan fingerprint density at radius 2 is 2.00 bits per heavy atom. The lowest BCUT2D eigenvalue weighted by molar-refractivity contribution is 0.149. The van der Waals surface area contributed by atoms with Crippen LogP contribution in [0.3, 0.4) is 0 Å². The fraction of sp³-hybridized carbons (Fsp3) is 0.714. The van der Waals surface area contributed by atoms with Gasteiger partial charge in [0.05, 0.1) is 6.54 Å². The molecule has 13 heavy (non-hydrogen) atoms. The molecule has 3 amide bonds. The second-order valence-corrected chi connectivity index (χ2v) is 2.17. The lowest BCUT2D eigenvalue weighted by Gasteiger charge is -2.06. The van der Waals surface area contributed by atoms with Crippen LogP contribution in [0.25, 0.3) is 0 Å². The third kappa shape index (κ3) is 6.92. The maximum atomic E-state index is 10.8. The van der Waals surface area contributed by atoms with Crippen molar-refractivity contribution in [2.45, 2.75) is 6.92 Å². The summed E-state index contributed by atoms with van der Waals surface area (Å²) in [7, 11) is 1.47. The van der Waals surface area contributed by atoms with Crippen molar-refractivity contribution in [3.8, 4) is 0 Å². The Hall–Kier alpha value is -1.46. The van der Waals surface area contributed by atoms with Gasteiger partial charge in [0.25, 0.3) is 0 Å². The second-order valence-electron chi connectivity index (χ2n) is 2.17. The predicted octanol–water partition coefficient (Wildman–Crippen LogP) is -0.338. The Morgan fingerprint density at radius 1 is 1.31 bits per heavy atom. The number of hydrogen-bond acceptors (Lipinski definition) is 3. The van der Waals surface area contributed by atoms with Gasteiger partial charge in [-0.3, -0.25) is 0 Å². The number of nitrogens with one attached hydrogen (secondary N) is 3. The maximum Gasteiger partial charge on any atom is 0.406 e. The molecule has 0 aliphatic heterocycles. The highest BCUT2D eigenvalue weighted by molar-refractivity contribution is 5.73. The van der Waals surface area contributed by atoms with Crippen molar-refractivity contribution in [1.82, 2.24) is 16.0 Å². The Morgan fingerprint density at radius 3 is 2.54 bits per heavy atom. The first-order valence-electron chi connectivity index (χ1n) is 4.07. The Labute approximate surface area is 77.0 Å². The van der Waals surface area contributed by atoms with E-state index >= 15 is 0 Å². The lowest BCUT2D eigenvalue weighted by atomic mass is 10.6. The Kier molecular flexibility index (Phi) is 6.39. The summed E-state index contributed by atoms with van der Waals surface area (Å²) in [5, 5.41) is 7.34. The number of amides is 3. The van der Waals surface area contributed by atoms with Crippen LogP contribution in [0.2, 0.25) is 0 Å². The molecular weight excluding hydrogens is 174 g/mol. The smallest absolute Gasteiger partial charge is 0.406 e. The van der Waals surface area contributed by atoms with Gasteiger partial charge < -0.3 is 20.7 Å². The van der Waals surface area contributed by atoms with Crippen LogP contribution < -0.4 is 16.0 Å². The topological polar surface area (TPSA) is 79.5 Å². The second kappa shape index (κ2) is 7.20. The van der Waals surface area contributed by atoms with E-state index in [1.54, 1.807) is 0 Å². The van der Waals surface area contributed by atoms with E-state index in [0.717, 1.165) is 0 Å². The van der Waals surface area contributed by atoms with Crippen LogP contribution in [0.1, 0.15) is 6.92 Å². The van der Waals surface area contributed by atoms with Crippen LogP contribution in [-0.2, 0) is 4.74 Å². The number of ether oxygens (including phenoxy) is 1. The van der Waals surface area contributed by atoms with Gasteiger partial charge in [0.2, 0.25) is 0 Å². The fourth-order valence-corrected chi connectivity index (χ4v) is 0.604. The van der Waals surface area contributed by atoms with Crippen LogP contribution >= 0.6 is 0 Å². The van der Waals surface area contributed by atoms with Crippen molar-refractivity contribution >= 4 is 12.1 Å². The molecule has 0 aromatic heterocycles. The van der Waals surface area contributed by atoms with E-state index in [2.05, 4.69) is 20.7 Å². The molecule has 0 aliphatic carbocycles. The van der Waals surface area contributed by atoms with Crippen molar-refractivity contribution in [2.75, 3.05) is 26.7 Å². The highest BCUT2D eigenvalue weighted by Crippen LogP contribution is 1.74. The van der Waals surface area contributed by atoms with Gasteiger partial charge in [0.1, 0.15) is 6.61 Å².